The van der Waals surface area contributed by atoms with E-state index >= 15 is 0 Å². The molecule has 1 aromatic heterocycles. The van der Waals surface area contributed by atoms with Gasteiger partial charge in [-0.15, -0.1) is 5.10 Å². The van der Waals surface area contributed by atoms with Gasteiger partial charge in [0, 0.05) is 25.6 Å². The predicted octanol–water partition coefficient (Wildman–Crippen LogP) is 2.93. The van der Waals surface area contributed by atoms with Crippen molar-refractivity contribution >= 4 is 11.9 Å². The van der Waals surface area contributed by atoms with Crippen LogP contribution in [0.25, 0.3) is 0 Å². The van der Waals surface area contributed by atoms with Crippen LogP contribution in [0.15, 0.2) is 4.42 Å². The van der Waals surface area contributed by atoms with Gasteiger partial charge in [-0.05, 0) is 32.6 Å². The molecule has 0 unspecified atom stereocenters. The fraction of sp³-hybridized carbons (Fsp3) is 0.812. The molecule has 6 heteroatoms. The highest BCUT2D eigenvalue weighted by Gasteiger charge is 2.34. The Hall–Kier alpha value is -1.59. The third-order valence-electron chi connectivity index (χ3n) is 5.08. The molecule has 0 radical (unpaired) electrons. The maximum Gasteiger partial charge on any atom is 0.315 e. The van der Waals surface area contributed by atoms with Gasteiger partial charge in [0.15, 0.2) is 0 Å². The summed E-state index contributed by atoms with van der Waals surface area (Å²) in [6, 6.07) is 1.11. The van der Waals surface area contributed by atoms with E-state index in [2.05, 4.69) is 22.4 Å². The van der Waals surface area contributed by atoms with Crippen LogP contribution in [0.3, 0.4) is 0 Å². The minimum Gasteiger partial charge on any atom is -0.408 e. The van der Waals surface area contributed by atoms with Gasteiger partial charge >= 0.3 is 6.01 Å². The van der Waals surface area contributed by atoms with Crippen molar-refractivity contribution in [1.29, 1.82) is 0 Å². The maximum atomic E-state index is 11.7. The lowest BCUT2D eigenvalue weighted by Crippen LogP contribution is -2.44. The largest absolute Gasteiger partial charge is 0.408 e. The first kappa shape index (κ1) is 15.3. The highest BCUT2D eigenvalue weighted by molar-refractivity contribution is 5.73. The third-order valence-corrected chi connectivity index (χ3v) is 5.08. The zero-order valence-electron chi connectivity index (χ0n) is 13.5. The topological polar surface area (TPSA) is 71.3 Å². The molecule has 2 fully saturated rings. The lowest BCUT2D eigenvalue weighted by Gasteiger charge is -2.37. The number of carbonyl (C=O) groups is 1. The molecule has 0 bridgehead atoms. The van der Waals surface area contributed by atoms with Crippen molar-refractivity contribution in [2.45, 2.75) is 76.8 Å². The first-order valence-corrected chi connectivity index (χ1v) is 8.52. The van der Waals surface area contributed by atoms with Crippen molar-refractivity contribution < 1.29 is 9.21 Å². The van der Waals surface area contributed by atoms with Crippen molar-refractivity contribution in [3.05, 3.63) is 5.89 Å². The maximum absolute atomic E-state index is 11.7. The van der Waals surface area contributed by atoms with Crippen molar-refractivity contribution in [1.82, 2.24) is 15.1 Å². The minimum absolute atomic E-state index is 0.120. The molecule has 22 heavy (non-hydrogen) atoms. The molecule has 1 aliphatic heterocycles. The monoisotopic (exact) mass is 306 g/mol. The second-order valence-electron chi connectivity index (χ2n) is 6.63. The first-order valence-electron chi connectivity index (χ1n) is 8.52. The zero-order chi connectivity index (χ0) is 15.5. The first-order chi connectivity index (χ1) is 10.6. The lowest BCUT2D eigenvalue weighted by molar-refractivity contribution is -0.132. The summed E-state index contributed by atoms with van der Waals surface area (Å²) in [6.45, 7) is 4.53. The summed E-state index contributed by atoms with van der Waals surface area (Å²) >= 11 is 0. The highest BCUT2D eigenvalue weighted by atomic mass is 16.4. The molecule has 122 valence electrons. The Morgan fingerprint density at radius 2 is 1.95 bits per heavy atom. The van der Waals surface area contributed by atoms with E-state index in [4.69, 9.17) is 4.42 Å². The van der Waals surface area contributed by atoms with Crippen LogP contribution in [0.1, 0.15) is 70.6 Å². The summed E-state index contributed by atoms with van der Waals surface area (Å²) in [4.78, 5) is 13.6. The number of nitrogens with zero attached hydrogens (tertiary/aromatic N) is 3. The van der Waals surface area contributed by atoms with E-state index in [0.29, 0.717) is 17.9 Å². The average Bonchev–Trinajstić information content (AvgIpc) is 2.96. The molecule has 6 nitrogen and oxygen atoms in total. The smallest absolute Gasteiger partial charge is 0.315 e. The molecule has 1 N–H and O–H groups in total. The molecular formula is C16H26N4O2. The van der Waals surface area contributed by atoms with Gasteiger partial charge in [0.1, 0.15) is 0 Å². The van der Waals surface area contributed by atoms with E-state index in [1.54, 1.807) is 6.92 Å². The summed E-state index contributed by atoms with van der Waals surface area (Å²) in [6.07, 6.45) is 8.20. The van der Waals surface area contributed by atoms with Crippen molar-refractivity contribution in [2.75, 3.05) is 11.9 Å². The standard InChI is InChI=1S/C16H26N4O2/c1-11-14(9-6-10-20(11)12(2)21)15-18-19-16(22-15)17-13-7-4-3-5-8-13/h11,13-14H,3-10H2,1-2H3,(H,17,19)/t11-,14-/m1/s1. The molecule has 3 rings (SSSR count). The van der Waals surface area contributed by atoms with Gasteiger partial charge in [-0.2, -0.15) is 0 Å². The Kier molecular flexibility index (Phi) is 4.64. The molecule has 1 aromatic rings. The van der Waals surface area contributed by atoms with Gasteiger partial charge in [0.2, 0.25) is 11.8 Å². The summed E-state index contributed by atoms with van der Waals surface area (Å²) in [5.41, 5.74) is 0. The number of piperidine rings is 1. The van der Waals surface area contributed by atoms with E-state index in [0.717, 1.165) is 19.4 Å². The predicted molar refractivity (Wildman–Crippen MR) is 83.6 cm³/mol. The van der Waals surface area contributed by atoms with Crippen LogP contribution in [0.4, 0.5) is 6.01 Å². The van der Waals surface area contributed by atoms with E-state index < -0.39 is 0 Å². The van der Waals surface area contributed by atoms with Crippen LogP contribution in [-0.2, 0) is 4.79 Å². The van der Waals surface area contributed by atoms with Crippen molar-refractivity contribution in [3.8, 4) is 0 Å². The van der Waals surface area contributed by atoms with E-state index in [1.807, 2.05) is 4.90 Å². The molecule has 1 amide bonds. The molecule has 0 aromatic carbocycles. The molecule has 2 heterocycles. The van der Waals surface area contributed by atoms with Crippen LogP contribution in [-0.4, -0.2) is 39.6 Å². The Bertz CT molecular complexity index is 510. The van der Waals surface area contributed by atoms with Crippen LogP contribution in [0.2, 0.25) is 0 Å². The second-order valence-corrected chi connectivity index (χ2v) is 6.63. The van der Waals surface area contributed by atoms with Gasteiger partial charge in [-0.1, -0.05) is 24.4 Å². The SMILES string of the molecule is CC(=O)N1CCC[C@@H](c2nnc(NC3CCCCC3)o2)[C@H]1C. The number of rotatable bonds is 3. The van der Waals surface area contributed by atoms with Crippen LogP contribution < -0.4 is 5.32 Å². The normalized spacial score (nSPS) is 26.9. The van der Waals surface area contributed by atoms with Crippen LogP contribution in [0, 0.1) is 0 Å². The molecule has 1 saturated heterocycles. The quantitative estimate of drug-likeness (QED) is 0.929. The fourth-order valence-corrected chi connectivity index (χ4v) is 3.78. The average molecular weight is 306 g/mol. The van der Waals surface area contributed by atoms with Crippen LogP contribution in [0.5, 0.6) is 0 Å². The number of amides is 1. The molecule has 1 aliphatic carbocycles. The van der Waals surface area contributed by atoms with Crippen LogP contribution >= 0.6 is 0 Å². The fourth-order valence-electron chi connectivity index (χ4n) is 3.78. The molecular weight excluding hydrogens is 280 g/mol. The molecule has 2 atom stereocenters. The Balaban J connectivity index is 1.66. The summed E-state index contributed by atoms with van der Waals surface area (Å²) in [5.74, 6) is 0.932. The number of nitrogens with one attached hydrogen (secondary N) is 1. The Labute approximate surface area is 131 Å². The molecule has 0 spiro atoms. The van der Waals surface area contributed by atoms with E-state index in [1.165, 1.54) is 32.1 Å². The summed E-state index contributed by atoms with van der Waals surface area (Å²) in [7, 11) is 0. The Morgan fingerprint density at radius 3 is 2.68 bits per heavy atom. The van der Waals surface area contributed by atoms with E-state index in [9.17, 15) is 4.79 Å². The highest BCUT2D eigenvalue weighted by Crippen LogP contribution is 2.32. The minimum atomic E-state index is 0.120. The third kappa shape index (κ3) is 3.25. The Morgan fingerprint density at radius 1 is 1.18 bits per heavy atom. The molecule has 2 aliphatic rings. The number of carbonyl (C=O) groups excluding carboxylic acids is 1. The summed E-state index contributed by atoms with van der Waals surface area (Å²) < 4.78 is 5.85. The lowest BCUT2D eigenvalue weighted by atomic mass is 9.90. The number of hydrogen-bond acceptors (Lipinski definition) is 5. The van der Waals surface area contributed by atoms with Crippen molar-refractivity contribution in [2.24, 2.45) is 0 Å². The summed E-state index contributed by atoms with van der Waals surface area (Å²) in [5, 5.41) is 11.8. The molecule has 1 saturated carbocycles. The second kappa shape index (κ2) is 6.67. The van der Waals surface area contributed by atoms with Gasteiger partial charge < -0.3 is 14.6 Å². The zero-order valence-corrected chi connectivity index (χ0v) is 13.5. The van der Waals surface area contributed by atoms with Gasteiger partial charge in [-0.25, -0.2) is 0 Å². The number of aromatic nitrogens is 2. The van der Waals surface area contributed by atoms with Gasteiger partial charge in [-0.3, -0.25) is 4.79 Å². The van der Waals surface area contributed by atoms with Gasteiger partial charge in [0.05, 0.1) is 5.92 Å². The number of hydrogen-bond donors (Lipinski definition) is 1. The number of likely N-dealkylation sites (tertiary alicyclic amines) is 1. The van der Waals surface area contributed by atoms with E-state index in [-0.39, 0.29) is 17.9 Å². The number of anilines is 1. The van der Waals surface area contributed by atoms with Crippen molar-refractivity contribution in [3.63, 3.8) is 0 Å². The van der Waals surface area contributed by atoms with Gasteiger partial charge in [0.25, 0.3) is 0 Å².